The van der Waals surface area contributed by atoms with E-state index in [4.69, 9.17) is 4.98 Å². The molecule has 0 spiro atoms. The highest BCUT2D eigenvalue weighted by atomic mass is 15.3. The molecule has 3 heterocycles. The molecule has 0 unspecified atom stereocenters. The second-order valence-corrected chi connectivity index (χ2v) is 8.22. The monoisotopic (exact) mass is 384 g/mol. The Morgan fingerprint density at radius 1 is 0.862 bits per heavy atom. The second-order valence-electron chi connectivity index (χ2n) is 8.22. The number of aryl methyl sites for hydroxylation is 1. The molecule has 4 nitrogen and oxygen atoms in total. The fourth-order valence-electron chi connectivity index (χ4n) is 4.70. The molecular weight excluding hydrogens is 356 g/mol. The van der Waals surface area contributed by atoms with E-state index in [1.165, 1.54) is 36.1 Å². The molecule has 0 aliphatic carbocycles. The first-order chi connectivity index (χ1) is 14.4. The van der Waals surface area contributed by atoms with E-state index in [9.17, 15) is 0 Å². The smallest absolute Gasteiger partial charge is 0.231 e. The maximum atomic E-state index is 4.97. The summed E-state index contributed by atoms with van der Waals surface area (Å²) >= 11 is 0. The highest BCUT2D eigenvalue weighted by Gasteiger charge is 2.23. The highest BCUT2D eigenvalue weighted by Crippen LogP contribution is 2.32. The lowest BCUT2D eigenvalue weighted by Crippen LogP contribution is -2.35. The Labute approximate surface area is 173 Å². The van der Waals surface area contributed by atoms with Crippen LogP contribution in [0.4, 0.5) is 17.5 Å². The third-order valence-electron chi connectivity index (χ3n) is 6.29. The van der Waals surface area contributed by atoms with Gasteiger partial charge in [-0.3, -0.25) is 0 Å². The molecule has 1 fully saturated rings. The van der Waals surface area contributed by atoms with Crippen molar-refractivity contribution in [1.82, 2.24) is 9.97 Å². The number of aromatic nitrogens is 2. The van der Waals surface area contributed by atoms with Crippen LogP contribution >= 0.6 is 0 Å². The summed E-state index contributed by atoms with van der Waals surface area (Å²) in [5.41, 5.74) is 4.12. The summed E-state index contributed by atoms with van der Waals surface area (Å²) in [6, 6.07) is 21.6. The van der Waals surface area contributed by atoms with E-state index in [2.05, 4.69) is 75.4 Å². The van der Waals surface area contributed by atoms with E-state index in [-0.39, 0.29) is 0 Å². The zero-order valence-corrected chi connectivity index (χ0v) is 16.9. The van der Waals surface area contributed by atoms with Crippen molar-refractivity contribution in [2.75, 3.05) is 29.4 Å². The number of hydrogen-bond donors (Lipinski definition) is 0. The minimum absolute atomic E-state index is 0.768. The van der Waals surface area contributed by atoms with Gasteiger partial charge in [0.1, 0.15) is 5.82 Å². The van der Waals surface area contributed by atoms with Gasteiger partial charge >= 0.3 is 0 Å². The van der Waals surface area contributed by atoms with E-state index < -0.39 is 0 Å². The van der Waals surface area contributed by atoms with Gasteiger partial charge in [0, 0.05) is 31.5 Å². The fourth-order valence-corrected chi connectivity index (χ4v) is 4.70. The maximum Gasteiger partial charge on any atom is 0.231 e. The standard InChI is InChI=1S/C25H28N4/c1-2-7-20(8-3-1)19-21-13-17-28(18-14-21)24-12-15-26-25(27-24)29-16-6-10-22-9-4-5-11-23(22)29/h1-5,7-9,11-12,15,21H,6,10,13-14,16-19H2. The predicted molar refractivity (Wildman–Crippen MR) is 119 cm³/mol. The van der Waals surface area contributed by atoms with Crippen molar-refractivity contribution in [3.63, 3.8) is 0 Å². The average molecular weight is 385 g/mol. The number of anilines is 3. The van der Waals surface area contributed by atoms with Crippen molar-refractivity contribution in [2.45, 2.75) is 32.1 Å². The fraction of sp³-hybridized carbons (Fsp3) is 0.360. The Morgan fingerprint density at radius 3 is 2.52 bits per heavy atom. The molecule has 0 N–H and O–H groups in total. The Bertz CT molecular complexity index is 948. The number of rotatable bonds is 4. The van der Waals surface area contributed by atoms with Gasteiger partial charge in [-0.25, -0.2) is 4.98 Å². The molecule has 1 aromatic heterocycles. The molecule has 0 atom stereocenters. The van der Waals surface area contributed by atoms with Crippen molar-refractivity contribution in [3.8, 4) is 0 Å². The van der Waals surface area contributed by atoms with Crippen molar-refractivity contribution < 1.29 is 0 Å². The summed E-state index contributed by atoms with van der Waals surface area (Å²) in [5, 5.41) is 0. The minimum Gasteiger partial charge on any atom is -0.356 e. The van der Waals surface area contributed by atoms with Gasteiger partial charge in [0.05, 0.1) is 0 Å². The third-order valence-corrected chi connectivity index (χ3v) is 6.29. The predicted octanol–water partition coefficient (Wildman–Crippen LogP) is 5.02. The van der Waals surface area contributed by atoms with E-state index >= 15 is 0 Å². The lowest BCUT2D eigenvalue weighted by atomic mass is 9.90. The van der Waals surface area contributed by atoms with Gasteiger partial charge in [0.25, 0.3) is 0 Å². The van der Waals surface area contributed by atoms with E-state index in [0.29, 0.717) is 0 Å². The zero-order chi connectivity index (χ0) is 19.5. The van der Waals surface area contributed by atoms with Gasteiger partial charge in [-0.2, -0.15) is 4.98 Å². The second kappa shape index (κ2) is 8.24. The van der Waals surface area contributed by atoms with Gasteiger partial charge in [0.2, 0.25) is 5.95 Å². The molecule has 1 saturated heterocycles. The number of hydrogen-bond acceptors (Lipinski definition) is 4. The molecule has 0 amide bonds. The van der Waals surface area contributed by atoms with Crippen LogP contribution in [0.1, 0.15) is 30.4 Å². The summed E-state index contributed by atoms with van der Waals surface area (Å²) in [4.78, 5) is 14.3. The third kappa shape index (κ3) is 3.98. The van der Waals surface area contributed by atoms with E-state index in [1.54, 1.807) is 0 Å². The lowest BCUT2D eigenvalue weighted by Gasteiger charge is -2.34. The maximum absolute atomic E-state index is 4.97. The molecule has 2 aromatic carbocycles. The van der Waals surface area contributed by atoms with E-state index in [0.717, 1.165) is 50.2 Å². The summed E-state index contributed by atoms with van der Waals surface area (Å²) < 4.78 is 0. The Kier molecular flexibility index (Phi) is 5.16. The van der Waals surface area contributed by atoms with Crippen molar-refractivity contribution >= 4 is 17.5 Å². The average Bonchev–Trinajstić information content (AvgIpc) is 2.80. The van der Waals surface area contributed by atoms with Gasteiger partial charge in [-0.1, -0.05) is 48.5 Å². The molecule has 2 aliphatic rings. The number of benzene rings is 2. The van der Waals surface area contributed by atoms with Crippen molar-refractivity contribution in [2.24, 2.45) is 5.92 Å². The van der Waals surface area contributed by atoms with Crippen LogP contribution in [0.5, 0.6) is 0 Å². The Morgan fingerprint density at radius 2 is 1.66 bits per heavy atom. The molecule has 5 rings (SSSR count). The van der Waals surface area contributed by atoms with Crippen LogP contribution in [0.2, 0.25) is 0 Å². The normalized spacial score (nSPS) is 17.2. The molecule has 4 heteroatoms. The Balaban J connectivity index is 1.28. The first-order valence-electron chi connectivity index (χ1n) is 10.8. The van der Waals surface area contributed by atoms with Gasteiger partial charge in [-0.05, 0) is 61.3 Å². The van der Waals surface area contributed by atoms with Crippen LogP contribution < -0.4 is 9.80 Å². The zero-order valence-electron chi connectivity index (χ0n) is 16.9. The van der Waals surface area contributed by atoms with E-state index in [1.807, 2.05) is 6.20 Å². The Hall–Kier alpha value is -2.88. The van der Waals surface area contributed by atoms with Gasteiger partial charge < -0.3 is 9.80 Å². The van der Waals surface area contributed by atoms with Crippen LogP contribution in [0.25, 0.3) is 0 Å². The quantitative estimate of drug-likeness (QED) is 0.632. The molecular formula is C25H28N4. The van der Waals surface area contributed by atoms with Crippen LogP contribution in [0.3, 0.4) is 0 Å². The highest BCUT2D eigenvalue weighted by molar-refractivity contribution is 5.64. The largest absolute Gasteiger partial charge is 0.356 e. The lowest BCUT2D eigenvalue weighted by molar-refractivity contribution is 0.402. The minimum atomic E-state index is 0.768. The molecule has 0 radical (unpaired) electrons. The number of para-hydroxylation sites is 1. The molecule has 2 aliphatic heterocycles. The topological polar surface area (TPSA) is 32.3 Å². The van der Waals surface area contributed by atoms with Crippen LogP contribution in [0, 0.1) is 5.92 Å². The molecule has 3 aromatic rings. The van der Waals surface area contributed by atoms with Crippen molar-refractivity contribution in [1.29, 1.82) is 0 Å². The summed E-state index contributed by atoms with van der Waals surface area (Å²) in [7, 11) is 0. The first kappa shape index (κ1) is 18.2. The summed E-state index contributed by atoms with van der Waals surface area (Å²) in [6.07, 6.45) is 7.84. The number of piperidine rings is 1. The summed E-state index contributed by atoms with van der Waals surface area (Å²) in [5.74, 6) is 2.67. The van der Waals surface area contributed by atoms with Gasteiger partial charge in [-0.15, -0.1) is 0 Å². The number of fused-ring (bicyclic) bond motifs is 1. The first-order valence-corrected chi connectivity index (χ1v) is 10.8. The number of nitrogens with zero attached hydrogens (tertiary/aromatic N) is 4. The van der Waals surface area contributed by atoms with Crippen LogP contribution in [0.15, 0.2) is 66.9 Å². The molecule has 148 valence electrons. The molecule has 0 bridgehead atoms. The van der Waals surface area contributed by atoms with Crippen LogP contribution in [-0.2, 0) is 12.8 Å². The SMILES string of the molecule is c1ccc(CC2CCN(c3ccnc(N4CCCc5ccccc54)n3)CC2)cc1. The van der Waals surface area contributed by atoms with Crippen molar-refractivity contribution in [3.05, 3.63) is 78.0 Å². The van der Waals surface area contributed by atoms with Gasteiger partial charge in [0.15, 0.2) is 0 Å². The molecule has 0 saturated carbocycles. The van der Waals surface area contributed by atoms with Crippen LogP contribution in [-0.4, -0.2) is 29.6 Å². The molecule has 29 heavy (non-hydrogen) atoms. The summed E-state index contributed by atoms with van der Waals surface area (Å²) in [6.45, 7) is 3.13.